The van der Waals surface area contributed by atoms with E-state index in [1.165, 1.54) is 0 Å². The Balaban J connectivity index is 3.14. The van der Waals surface area contributed by atoms with Gasteiger partial charge in [0.05, 0.1) is 6.61 Å². The monoisotopic (exact) mass is 198 g/mol. The number of ether oxygens (including phenoxy) is 2. The van der Waals surface area contributed by atoms with E-state index in [0.717, 1.165) is 12.8 Å². The number of unbranched alkanes of at least 4 members (excludes halogenated alkanes) is 1. The lowest BCUT2D eigenvalue weighted by Gasteiger charge is -2.04. The van der Waals surface area contributed by atoms with E-state index in [1.54, 1.807) is 6.08 Å². The summed E-state index contributed by atoms with van der Waals surface area (Å²) in [4.78, 5) is 10.9. The highest BCUT2D eigenvalue weighted by molar-refractivity contribution is 5.69. The largest absolute Gasteiger partial charge is 0.438 e. The highest BCUT2D eigenvalue weighted by atomic mass is 16.7. The third-order valence-electron chi connectivity index (χ3n) is 1.55. The van der Waals surface area contributed by atoms with Gasteiger partial charge in [0.1, 0.15) is 0 Å². The van der Waals surface area contributed by atoms with Gasteiger partial charge in [0, 0.05) is 6.42 Å². The Morgan fingerprint density at radius 1 is 1.21 bits per heavy atom. The van der Waals surface area contributed by atoms with Gasteiger partial charge < -0.3 is 9.47 Å². The van der Waals surface area contributed by atoms with Gasteiger partial charge in [-0.2, -0.15) is 0 Å². The molecule has 0 aliphatic rings. The number of carbonyl (C=O) groups excluding carboxylic acids is 1. The second-order valence-electron chi connectivity index (χ2n) is 2.80. The molecule has 0 heterocycles. The Morgan fingerprint density at radius 2 is 1.93 bits per heavy atom. The summed E-state index contributed by atoms with van der Waals surface area (Å²) in [5.41, 5.74) is 0. The van der Waals surface area contributed by atoms with Crippen molar-refractivity contribution in [2.75, 3.05) is 13.4 Å². The maximum absolute atomic E-state index is 10.9. The van der Waals surface area contributed by atoms with Crippen LogP contribution in [0.2, 0.25) is 0 Å². The van der Waals surface area contributed by atoms with Crippen LogP contribution in [0, 0.1) is 0 Å². The highest BCUT2D eigenvalue weighted by Crippen LogP contribution is 1.95. The molecule has 3 nitrogen and oxygen atoms in total. The molecule has 0 rings (SSSR count). The van der Waals surface area contributed by atoms with E-state index in [1.807, 2.05) is 6.08 Å². The summed E-state index contributed by atoms with van der Waals surface area (Å²) < 4.78 is 9.86. The van der Waals surface area contributed by atoms with Gasteiger partial charge in [-0.05, 0) is 19.3 Å². The topological polar surface area (TPSA) is 35.5 Å². The first-order valence-electron chi connectivity index (χ1n) is 4.76. The van der Waals surface area contributed by atoms with Crippen molar-refractivity contribution in [2.45, 2.75) is 25.7 Å². The highest BCUT2D eigenvalue weighted by Gasteiger charge is 1.99. The summed E-state index contributed by atoms with van der Waals surface area (Å²) >= 11 is 0. The van der Waals surface area contributed by atoms with Crippen molar-refractivity contribution in [1.29, 1.82) is 0 Å². The minimum absolute atomic E-state index is 0.0487. The first-order chi connectivity index (χ1) is 6.81. The second-order valence-corrected chi connectivity index (χ2v) is 2.80. The van der Waals surface area contributed by atoms with Gasteiger partial charge in [-0.15, -0.1) is 13.2 Å². The maximum atomic E-state index is 10.9. The number of allylic oxidation sites excluding steroid dienone is 2. The summed E-state index contributed by atoms with van der Waals surface area (Å²) in [6, 6.07) is 0. The van der Waals surface area contributed by atoms with Gasteiger partial charge in [0.25, 0.3) is 0 Å². The molecule has 0 saturated carbocycles. The molecule has 80 valence electrons. The maximum Gasteiger partial charge on any atom is 0.308 e. The Bertz CT molecular complexity index is 175. The first kappa shape index (κ1) is 12.9. The molecular weight excluding hydrogens is 180 g/mol. The minimum Gasteiger partial charge on any atom is -0.438 e. The number of carbonyl (C=O) groups is 1. The van der Waals surface area contributed by atoms with Gasteiger partial charge >= 0.3 is 5.97 Å². The SMILES string of the molecule is C=CCCCOCOC(=O)CCC=C. The van der Waals surface area contributed by atoms with E-state index in [4.69, 9.17) is 9.47 Å². The molecule has 3 heteroatoms. The van der Waals surface area contributed by atoms with Gasteiger partial charge in [-0.25, -0.2) is 0 Å². The smallest absolute Gasteiger partial charge is 0.308 e. The van der Waals surface area contributed by atoms with Crippen LogP contribution in [0.1, 0.15) is 25.7 Å². The van der Waals surface area contributed by atoms with E-state index in [0.29, 0.717) is 19.4 Å². The molecular formula is C11H18O3. The van der Waals surface area contributed by atoms with Crippen LogP contribution in [0.5, 0.6) is 0 Å². The molecule has 0 fully saturated rings. The number of esters is 1. The van der Waals surface area contributed by atoms with Crippen molar-refractivity contribution >= 4 is 5.97 Å². The van der Waals surface area contributed by atoms with Crippen LogP contribution in [0.4, 0.5) is 0 Å². The molecule has 0 saturated heterocycles. The van der Waals surface area contributed by atoms with Crippen molar-refractivity contribution in [3.05, 3.63) is 25.3 Å². The molecule has 0 atom stereocenters. The van der Waals surface area contributed by atoms with Gasteiger partial charge in [0.2, 0.25) is 0 Å². The third-order valence-corrected chi connectivity index (χ3v) is 1.55. The van der Waals surface area contributed by atoms with Gasteiger partial charge in [-0.3, -0.25) is 4.79 Å². The van der Waals surface area contributed by atoms with Crippen LogP contribution in [-0.4, -0.2) is 19.4 Å². The summed E-state index contributed by atoms with van der Waals surface area (Å²) in [7, 11) is 0. The Labute approximate surface area is 85.4 Å². The van der Waals surface area contributed by atoms with E-state index in [9.17, 15) is 4.79 Å². The fourth-order valence-electron chi connectivity index (χ4n) is 0.788. The average molecular weight is 198 g/mol. The van der Waals surface area contributed by atoms with Crippen molar-refractivity contribution in [1.82, 2.24) is 0 Å². The molecule has 0 aromatic rings. The molecule has 0 spiro atoms. The van der Waals surface area contributed by atoms with Crippen LogP contribution in [0.15, 0.2) is 25.3 Å². The van der Waals surface area contributed by atoms with Gasteiger partial charge in [0.15, 0.2) is 6.79 Å². The predicted molar refractivity (Wildman–Crippen MR) is 55.8 cm³/mol. The van der Waals surface area contributed by atoms with E-state index < -0.39 is 0 Å². The van der Waals surface area contributed by atoms with E-state index in [2.05, 4.69) is 13.2 Å². The summed E-state index contributed by atoms with van der Waals surface area (Å²) in [6.07, 6.45) is 6.37. The van der Waals surface area contributed by atoms with Crippen molar-refractivity contribution < 1.29 is 14.3 Å². The summed E-state index contributed by atoms with van der Waals surface area (Å²) in [5, 5.41) is 0. The Hall–Kier alpha value is -1.09. The first-order valence-corrected chi connectivity index (χ1v) is 4.76. The zero-order valence-corrected chi connectivity index (χ0v) is 8.54. The zero-order valence-electron chi connectivity index (χ0n) is 8.54. The summed E-state index contributed by atoms with van der Waals surface area (Å²) in [5.74, 6) is -0.242. The Kier molecular flexibility index (Phi) is 9.22. The molecule has 0 aliphatic heterocycles. The number of rotatable bonds is 9. The van der Waals surface area contributed by atoms with Gasteiger partial charge in [-0.1, -0.05) is 12.2 Å². The molecule has 0 N–H and O–H groups in total. The van der Waals surface area contributed by atoms with Crippen molar-refractivity contribution in [3.8, 4) is 0 Å². The molecule has 14 heavy (non-hydrogen) atoms. The lowest BCUT2D eigenvalue weighted by Crippen LogP contribution is -2.08. The van der Waals surface area contributed by atoms with Crippen LogP contribution in [-0.2, 0) is 14.3 Å². The lowest BCUT2D eigenvalue weighted by atomic mass is 10.3. The van der Waals surface area contributed by atoms with Crippen molar-refractivity contribution in [2.24, 2.45) is 0 Å². The predicted octanol–water partition coefficient (Wildman–Crippen LogP) is 2.44. The number of hydrogen-bond donors (Lipinski definition) is 0. The van der Waals surface area contributed by atoms with Crippen molar-refractivity contribution in [3.63, 3.8) is 0 Å². The van der Waals surface area contributed by atoms with E-state index >= 15 is 0 Å². The van der Waals surface area contributed by atoms with Crippen LogP contribution in [0.3, 0.4) is 0 Å². The quantitative estimate of drug-likeness (QED) is 0.247. The normalized spacial score (nSPS) is 9.43. The third kappa shape index (κ3) is 9.00. The van der Waals surface area contributed by atoms with Crippen LogP contribution in [0.25, 0.3) is 0 Å². The fourth-order valence-corrected chi connectivity index (χ4v) is 0.788. The minimum atomic E-state index is -0.242. The van der Waals surface area contributed by atoms with Crippen LogP contribution < -0.4 is 0 Å². The average Bonchev–Trinajstić information content (AvgIpc) is 2.20. The molecule has 0 aromatic heterocycles. The fraction of sp³-hybridized carbons (Fsp3) is 0.545. The van der Waals surface area contributed by atoms with E-state index in [-0.39, 0.29) is 12.8 Å². The standard InChI is InChI=1S/C11H18O3/c1-3-5-7-9-13-10-14-11(12)8-6-4-2/h3-4H,1-2,5-10H2. The molecule has 0 aliphatic carbocycles. The molecule has 0 amide bonds. The lowest BCUT2D eigenvalue weighted by molar-refractivity contribution is -0.156. The summed E-state index contributed by atoms with van der Waals surface area (Å²) in [6.45, 7) is 7.75. The molecule has 0 aromatic carbocycles. The zero-order chi connectivity index (χ0) is 10.6. The Morgan fingerprint density at radius 3 is 2.57 bits per heavy atom. The van der Waals surface area contributed by atoms with Crippen LogP contribution >= 0.6 is 0 Å². The second kappa shape index (κ2) is 9.99. The molecule has 0 bridgehead atoms. The molecule has 0 unspecified atom stereocenters. The number of hydrogen-bond acceptors (Lipinski definition) is 3. The molecule has 0 radical (unpaired) electrons.